The van der Waals surface area contributed by atoms with Crippen molar-refractivity contribution in [3.05, 3.63) is 33.6 Å². The van der Waals surface area contributed by atoms with E-state index >= 15 is 0 Å². The predicted octanol–water partition coefficient (Wildman–Crippen LogP) is 2.47. The van der Waals surface area contributed by atoms with Crippen molar-refractivity contribution in [2.75, 3.05) is 0 Å². The van der Waals surface area contributed by atoms with Crippen LogP contribution in [0.1, 0.15) is 18.2 Å². The molecule has 1 unspecified atom stereocenters. The van der Waals surface area contributed by atoms with Crippen LogP contribution in [-0.4, -0.2) is 15.3 Å². The van der Waals surface area contributed by atoms with Gasteiger partial charge in [-0.15, -0.1) is 11.6 Å². The van der Waals surface area contributed by atoms with Crippen LogP contribution in [0.25, 0.3) is 0 Å². The zero-order valence-corrected chi connectivity index (χ0v) is 8.78. The molecule has 0 saturated carbocycles. The largest absolute Gasteiger partial charge is 0.290 e. The second-order valence-corrected chi connectivity index (χ2v) is 3.95. The summed E-state index contributed by atoms with van der Waals surface area (Å²) in [5, 5.41) is 10.5. The topological polar surface area (TPSA) is 56.0 Å². The number of alkyl halides is 1. The number of nitrogens with zero attached hydrogens (tertiary/aromatic N) is 2. The van der Waals surface area contributed by atoms with Crippen molar-refractivity contribution >= 4 is 17.3 Å². The van der Waals surface area contributed by atoms with Gasteiger partial charge in [0.25, 0.3) is 5.69 Å². The molecule has 1 aromatic heterocycles. The van der Waals surface area contributed by atoms with Gasteiger partial charge in [-0.25, -0.2) is 0 Å². The summed E-state index contributed by atoms with van der Waals surface area (Å²) in [6.45, 7) is 3.56. The van der Waals surface area contributed by atoms with Gasteiger partial charge in [0.15, 0.2) is 0 Å². The van der Waals surface area contributed by atoms with Crippen LogP contribution in [0.3, 0.4) is 0 Å². The maximum absolute atomic E-state index is 10.5. The number of nitro groups is 1. The van der Waals surface area contributed by atoms with E-state index in [1.165, 1.54) is 6.20 Å². The number of halogens is 1. The highest BCUT2D eigenvalue weighted by Gasteiger charge is 2.11. The third kappa shape index (κ3) is 2.67. The van der Waals surface area contributed by atoms with Gasteiger partial charge in [-0.05, 0) is 19.9 Å². The van der Waals surface area contributed by atoms with Gasteiger partial charge < -0.3 is 0 Å². The first-order valence-electron chi connectivity index (χ1n) is 4.24. The van der Waals surface area contributed by atoms with Gasteiger partial charge in [0.1, 0.15) is 6.20 Å². The fourth-order valence-electron chi connectivity index (χ4n) is 1.20. The fraction of sp³-hybridized carbons (Fsp3) is 0.444. The smallest absolute Gasteiger partial charge is 0.258 e. The molecule has 1 rings (SSSR count). The lowest BCUT2D eigenvalue weighted by molar-refractivity contribution is -0.385. The van der Waals surface area contributed by atoms with E-state index in [1.807, 2.05) is 6.92 Å². The van der Waals surface area contributed by atoms with Crippen LogP contribution >= 0.6 is 11.6 Å². The molecule has 0 fully saturated rings. The molecule has 14 heavy (non-hydrogen) atoms. The SMILES string of the molecule is Cc1cc(CC(C)Cl)ncc1[N+](=O)[O-]. The van der Waals surface area contributed by atoms with Crippen LogP contribution in [0.15, 0.2) is 12.3 Å². The van der Waals surface area contributed by atoms with Crippen molar-refractivity contribution in [2.24, 2.45) is 0 Å². The summed E-state index contributed by atoms with van der Waals surface area (Å²) in [6.07, 6.45) is 1.91. The molecule has 0 aliphatic rings. The molecule has 1 atom stereocenters. The molecule has 76 valence electrons. The Morgan fingerprint density at radius 3 is 2.79 bits per heavy atom. The Balaban J connectivity index is 2.94. The Kier molecular flexibility index (Phi) is 3.41. The predicted molar refractivity (Wildman–Crippen MR) is 54.6 cm³/mol. The minimum Gasteiger partial charge on any atom is -0.258 e. The monoisotopic (exact) mass is 214 g/mol. The number of hydrogen-bond donors (Lipinski definition) is 0. The number of aromatic nitrogens is 1. The Labute approximate surface area is 87.1 Å². The van der Waals surface area contributed by atoms with Crippen LogP contribution in [0, 0.1) is 17.0 Å². The molecule has 0 amide bonds. The number of pyridine rings is 1. The van der Waals surface area contributed by atoms with Crippen molar-refractivity contribution in [2.45, 2.75) is 25.6 Å². The van der Waals surface area contributed by atoms with E-state index in [2.05, 4.69) is 4.98 Å². The maximum atomic E-state index is 10.5. The fourth-order valence-corrected chi connectivity index (χ4v) is 1.36. The molecule has 1 aromatic rings. The highest BCUT2D eigenvalue weighted by molar-refractivity contribution is 6.20. The first kappa shape index (κ1) is 10.9. The summed E-state index contributed by atoms with van der Waals surface area (Å²) in [5.41, 5.74) is 1.46. The van der Waals surface area contributed by atoms with E-state index < -0.39 is 4.92 Å². The van der Waals surface area contributed by atoms with Gasteiger partial charge in [-0.1, -0.05) is 0 Å². The van der Waals surface area contributed by atoms with Crippen LogP contribution in [-0.2, 0) is 6.42 Å². The van der Waals surface area contributed by atoms with Gasteiger partial charge in [-0.3, -0.25) is 15.1 Å². The van der Waals surface area contributed by atoms with Crippen LogP contribution < -0.4 is 0 Å². The van der Waals surface area contributed by atoms with Crippen molar-refractivity contribution in [3.63, 3.8) is 0 Å². The molecule has 5 heteroatoms. The zero-order valence-electron chi connectivity index (χ0n) is 8.03. The normalized spacial score (nSPS) is 12.5. The Morgan fingerprint density at radius 2 is 2.36 bits per heavy atom. The number of hydrogen-bond acceptors (Lipinski definition) is 3. The summed E-state index contributed by atoms with van der Waals surface area (Å²) >= 11 is 5.79. The molecular weight excluding hydrogens is 204 g/mol. The van der Waals surface area contributed by atoms with Gasteiger partial charge in [0.05, 0.1) is 4.92 Å². The van der Waals surface area contributed by atoms with Gasteiger partial charge in [0, 0.05) is 23.1 Å². The van der Waals surface area contributed by atoms with E-state index in [9.17, 15) is 10.1 Å². The Hall–Kier alpha value is -1.16. The van der Waals surface area contributed by atoms with E-state index in [0.29, 0.717) is 12.0 Å². The minimum absolute atomic E-state index is 0.0108. The van der Waals surface area contributed by atoms with Crippen LogP contribution in [0.2, 0.25) is 0 Å². The summed E-state index contributed by atoms with van der Waals surface area (Å²) in [7, 11) is 0. The van der Waals surface area contributed by atoms with E-state index in [-0.39, 0.29) is 11.1 Å². The summed E-state index contributed by atoms with van der Waals surface area (Å²) in [5.74, 6) is 0. The standard InChI is InChI=1S/C9H11ClN2O2/c1-6-3-8(4-7(2)10)11-5-9(6)12(13)14/h3,5,7H,4H2,1-2H3. The van der Waals surface area contributed by atoms with Crippen molar-refractivity contribution in [1.82, 2.24) is 4.98 Å². The third-order valence-corrected chi connectivity index (χ3v) is 1.98. The maximum Gasteiger partial charge on any atom is 0.290 e. The quantitative estimate of drug-likeness (QED) is 0.441. The van der Waals surface area contributed by atoms with Crippen molar-refractivity contribution in [1.29, 1.82) is 0 Å². The summed E-state index contributed by atoms with van der Waals surface area (Å²) in [6, 6.07) is 1.71. The second kappa shape index (κ2) is 4.37. The van der Waals surface area contributed by atoms with Crippen LogP contribution in [0.5, 0.6) is 0 Å². The molecular formula is C9H11ClN2O2. The second-order valence-electron chi connectivity index (χ2n) is 3.20. The first-order valence-corrected chi connectivity index (χ1v) is 4.68. The molecule has 0 spiro atoms. The zero-order chi connectivity index (χ0) is 10.7. The number of rotatable bonds is 3. The van der Waals surface area contributed by atoms with Gasteiger partial charge >= 0.3 is 0 Å². The Bertz CT molecular complexity index is 353. The average molecular weight is 215 g/mol. The Morgan fingerprint density at radius 1 is 1.71 bits per heavy atom. The summed E-state index contributed by atoms with van der Waals surface area (Å²) < 4.78 is 0. The van der Waals surface area contributed by atoms with E-state index in [0.717, 1.165) is 5.69 Å². The van der Waals surface area contributed by atoms with Crippen molar-refractivity contribution in [3.8, 4) is 0 Å². The van der Waals surface area contributed by atoms with Gasteiger partial charge in [-0.2, -0.15) is 0 Å². The molecule has 0 bridgehead atoms. The molecule has 4 nitrogen and oxygen atoms in total. The van der Waals surface area contributed by atoms with Crippen molar-refractivity contribution < 1.29 is 4.92 Å². The highest BCUT2D eigenvalue weighted by atomic mass is 35.5. The van der Waals surface area contributed by atoms with Gasteiger partial charge in [0.2, 0.25) is 0 Å². The number of aryl methyl sites for hydroxylation is 1. The molecule has 0 aliphatic heterocycles. The molecule has 0 radical (unpaired) electrons. The molecule has 0 N–H and O–H groups in total. The summed E-state index contributed by atoms with van der Waals surface area (Å²) in [4.78, 5) is 14.0. The molecule has 0 saturated heterocycles. The lowest BCUT2D eigenvalue weighted by Gasteiger charge is -2.03. The van der Waals surface area contributed by atoms with Crippen LogP contribution in [0.4, 0.5) is 5.69 Å². The first-order chi connectivity index (χ1) is 6.50. The lowest BCUT2D eigenvalue weighted by atomic mass is 10.1. The lowest BCUT2D eigenvalue weighted by Crippen LogP contribution is -2.02. The highest BCUT2D eigenvalue weighted by Crippen LogP contribution is 2.17. The third-order valence-electron chi connectivity index (χ3n) is 1.83. The molecule has 1 heterocycles. The average Bonchev–Trinajstić information content (AvgIpc) is 2.01. The molecule has 0 aromatic carbocycles. The minimum atomic E-state index is -0.434. The van der Waals surface area contributed by atoms with E-state index in [1.54, 1.807) is 13.0 Å². The van der Waals surface area contributed by atoms with E-state index in [4.69, 9.17) is 11.6 Å². The molecule has 0 aliphatic carbocycles.